The molecule has 1 unspecified atom stereocenters. The van der Waals surface area contributed by atoms with Gasteiger partial charge in [0.15, 0.2) is 0 Å². The van der Waals surface area contributed by atoms with Gasteiger partial charge in [-0.05, 0) is 12.0 Å². The molecule has 1 atom stereocenters. The number of non-ortho nitro benzene ring substituents is 1. The van der Waals surface area contributed by atoms with Gasteiger partial charge in [0, 0.05) is 18.2 Å². The number of nitrogens with one attached hydrogen (secondary N) is 1. The average molecular weight is 316 g/mol. The van der Waals surface area contributed by atoms with Crippen LogP contribution in [0.15, 0.2) is 29.2 Å². The summed E-state index contributed by atoms with van der Waals surface area (Å²) in [6, 6.07) is 3.78. The number of hydrogen-bond donors (Lipinski definition) is 2. The molecule has 0 aliphatic rings. The number of aliphatic carboxylic acids is 1. The van der Waals surface area contributed by atoms with E-state index >= 15 is 0 Å². The number of carboxylic acids is 1. The first-order valence-corrected chi connectivity index (χ1v) is 7.60. The smallest absolute Gasteiger partial charge is 0.304 e. The zero-order valence-corrected chi connectivity index (χ0v) is 12.3. The third-order valence-electron chi connectivity index (χ3n) is 2.84. The minimum Gasteiger partial charge on any atom is -0.481 e. The Morgan fingerprint density at radius 1 is 1.43 bits per heavy atom. The summed E-state index contributed by atoms with van der Waals surface area (Å²) in [5, 5.41) is 19.5. The van der Waals surface area contributed by atoms with Gasteiger partial charge < -0.3 is 5.11 Å². The van der Waals surface area contributed by atoms with E-state index in [2.05, 4.69) is 4.72 Å². The van der Waals surface area contributed by atoms with Gasteiger partial charge in [0.25, 0.3) is 5.69 Å². The molecule has 0 amide bonds. The Bertz CT molecular complexity index is 641. The fraction of sp³-hybridized carbons (Fsp3) is 0.417. The zero-order chi connectivity index (χ0) is 16.2. The summed E-state index contributed by atoms with van der Waals surface area (Å²) in [5.74, 6) is -1.37. The van der Waals surface area contributed by atoms with Gasteiger partial charge in [-0.1, -0.05) is 19.9 Å². The van der Waals surface area contributed by atoms with Crippen LogP contribution in [-0.2, 0) is 14.8 Å². The first kappa shape index (κ1) is 17.1. The van der Waals surface area contributed by atoms with Crippen LogP contribution in [0.1, 0.15) is 20.3 Å². The Labute approximate surface area is 122 Å². The minimum atomic E-state index is -4.02. The maximum atomic E-state index is 12.2. The van der Waals surface area contributed by atoms with Gasteiger partial charge >= 0.3 is 5.97 Å². The Morgan fingerprint density at radius 3 is 2.52 bits per heavy atom. The van der Waals surface area contributed by atoms with E-state index in [1.54, 1.807) is 13.8 Å². The third kappa shape index (κ3) is 4.80. The molecule has 0 fully saturated rings. The van der Waals surface area contributed by atoms with E-state index in [-0.39, 0.29) is 22.9 Å². The van der Waals surface area contributed by atoms with Gasteiger partial charge in [0.05, 0.1) is 16.2 Å². The number of nitro benzene ring substituents is 1. The normalized spacial score (nSPS) is 13.1. The van der Waals surface area contributed by atoms with E-state index in [0.29, 0.717) is 0 Å². The van der Waals surface area contributed by atoms with Crippen molar-refractivity contribution in [1.82, 2.24) is 4.72 Å². The van der Waals surface area contributed by atoms with Crippen LogP contribution < -0.4 is 4.72 Å². The summed E-state index contributed by atoms with van der Waals surface area (Å²) in [7, 11) is -4.02. The van der Waals surface area contributed by atoms with Crippen molar-refractivity contribution in [3.63, 3.8) is 0 Å². The maximum Gasteiger partial charge on any atom is 0.304 e. The van der Waals surface area contributed by atoms with Crippen LogP contribution in [0.4, 0.5) is 5.69 Å². The molecule has 0 saturated heterocycles. The molecule has 2 N–H and O–H groups in total. The lowest BCUT2D eigenvalue weighted by Gasteiger charge is -2.20. The third-order valence-corrected chi connectivity index (χ3v) is 4.33. The first-order chi connectivity index (χ1) is 9.63. The van der Waals surface area contributed by atoms with Crippen molar-refractivity contribution < 1.29 is 23.2 Å². The van der Waals surface area contributed by atoms with E-state index < -0.39 is 27.0 Å². The second kappa shape index (κ2) is 6.64. The Kier molecular flexibility index (Phi) is 5.39. The van der Waals surface area contributed by atoms with Gasteiger partial charge in [-0.25, -0.2) is 13.1 Å². The number of nitro groups is 1. The van der Waals surface area contributed by atoms with Gasteiger partial charge in [0.2, 0.25) is 10.0 Å². The largest absolute Gasteiger partial charge is 0.481 e. The topological polar surface area (TPSA) is 127 Å². The van der Waals surface area contributed by atoms with Crippen molar-refractivity contribution in [3.05, 3.63) is 34.4 Å². The number of sulfonamides is 1. The van der Waals surface area contributed by atoms with Crippen LogP contribution in [0.2, 0.25) is 0 Å². The van der Waals surface area contributed by atoms with Crippen LogP contribution in [0.5, 0.6) is 0 Å². The summed E-state index contributed by atoms with van der Waals surface area (Å²) in [4.78, 5) is 20.5. The molecule has 0 heterocycles. The van der Waals surface area contributed by atoms with E-state index in [0.717, 1.165) is 6.07 Å². The van der Waals surface area contributed by atoms with Crippen molar-refractivity contribution in [1.29, 1.82) is 0 Å². The van der Waals surface area contributed by atoms with Crippen molar-refractivity contribution >= 4 is 21.7 Å². The zero-order valence-electron chi connectivity index (χ0n) is 11.5. The van der Waals surface area contributed by atoms with Gasteiger partial charge in [-0.3, -0.25) is 14.9 Å². The molecule has 21 heavy (non-hydrogen) atoms. The molecule has 116 valence electrons. The molecular weight excluding hydrogens is 300 g/mol. The first-order valence-electron chi connectivity index (χ1n) is 6.12. The second-order valence-corrected chi connectivity index (χ2v) is 6.54. The van der Waals surface area contributed by atoms with Crippen LogP contribution >= 0.6 is 0 Å². The van der Waals surface area contributed by atoms with Gasteiger partial charge in [-0.15, -0.1) is 0 Å². The predicted octanol–water partition coefficient (Wildman–Crippen LogP) is 1.37. The van der Waals surface area contributed by atoms with Crippen LogP contribution in [0, 0.1) is 16.0 Å². The highest BCUT2D eigenvalue weighted by molar-refractivity contribution is 7.89. The number of carbonyl (C=O) groups is 1. The van der Waals surface area contributed by atoms with Crippen molar-refractivity contribution in [2.75, 3.05) is 0 Å². The van der Waals surface area contributed by atoms with Gasteiger partial charge in [0.1, 0.15) is 0 Å². The average Bonchev–Trinajstić information content (AvgIpc) is 2.37. The summed E-state index contributed by atoms with van der Waals surface area (Å²) >= 11 is 0. The molecule has 8 nitrogen and oxygen atoms in total. The standard InChI is InChI=1S/C12H16N2O6S/c1-8(2)11(7-12(15)16)13-21(19,20)10-5-3-4-9(6-10)14(17)18/h3-6,8,11,13H,7H2,1-2H3,(H,15,16). The highest BCUT2D eigenvalue weighted by atomic mass is 32.2. The molecule has 0 aliphatic carbocycles. The lowest BCUT2D eigenvalue weighted by Crippen LogP contribution is -2.40. The number of hydrogen-bond acceptors (Lipinski definition) is 5. The molecule has 0 saturated carbocycles. The van der Waals surface area contributed by atoms with Crippen molar-refractivity contribution in [2.45, 2.75) is 31.2 Å². The number of benzene rings is 1. The Morgan fingerprint density at radius 2 is 2.05 bits per heavy atom. The maximum absolute atomic E-state index is 12.2. The molecular formula is C12H16N2O6S. The summed E-state index contributed by atoms with van der Waals surface area (Å²) < 4.78 is 26.6. The highest BCUT2D eigenvalue weighted by Gasteiger charge is 2.25. The second-order valence-electron chi connectivity index (χ2n) is 4.82. The molecule has 0 spiro atoms. The van der Waals surface area contributed by atoms with Crippen LogP contribution in [-0.4, -0.2) is 30.5 Å². The molecule has 1 rings (SSSR count). The Hall–Kier alpha value is -2.00. The summed E-state index contributed by atoms with van der Waals surface area (Å²) in [6.45, 7) is 3.37. The van der Waals surface area contributed by atoms with E-state index in [4.69, 9.17) is 5.11 Å². The number of carboxylic acid groups (broad SMARTS) is 1. The van der Waals surface area contributed by atoms with E-state index in [1.807, 2.05) is 0 Å². The number of rotatable bonds is 7. The summed E-state index contributed by atoms with van der Waals surface area (Å²) in [5.41, 5.74) is -0.350. The highest BCUT2D eigenvalue weighted by Crippen LogP contribution is 2.19. The predicted molar refractivity (Wildman–Crippen MR) is 74.3 cm³/mol. The van der Waals surface area contributed by atoms with E-state index in [9.17, 15) is 23.3 Å². The molecule has 1 aromatic carbocycles. The number of nitrogens with zero attached hydrogens (tertiary/aromatic N) is 1. The molecule has 0 aliphatic heterocycles. The minimum absolute atomic E-state index is 0.241. The fourth-order valence-corrected chi connectivity index (χ4v) is 3.06. The van der Waals surface area contributed by atoms with Crippen molar-refractivity contribution in [2.24, 2.45) is 5.92 Å². The van der Waals surface area contributed by atoms with Crippen LogP contribution in [0.25, 0.3) is 0 Å². The molecule has 1 aromatic rings. The van der Waals surface area contributed by atoms with Crippen LogP contribution in [0.3, 0.4) is 0 Å². The van der Waals surface area contributed by atoms with E-state index in [1.165, 1.54) is 18.2 Å². The SMILES string of the molecule is CC(C)C(CC(=O)O)NS(=O)(=O)c1cccc([N+](=O)[O-])c1. The summed E-state index contributed by atoms with van der Waals surface area (Å²) in [6.07, 6.45) is -0.369. The lowest BCUT2D eigenvalue weighted by atomic mass is 10.0. The molecule has 0 aromatic heterocycles. The van der Waals surface area contributed by atoms with Crippen molar-refractivity contribution in [3.8, 4) is 0 Å². The van der Waals surface area contributed by atoms with Gasteiger partial charge in [-0.2, -0.15) is 0 Å². The molecule has 9 heteroatoms. The molecule has 0 radical (unpaired) electrons. The quantitative estimate of drug-likeness (QED) is 0.578. The lowest BCUT2D eigenvalue weighted by molar-refractivity contribution is -0.385. The molecule has 0 bridgehead atoms. The fourth-order valence-electron chi connectivity index (χ4n) is 1.63. The monoisotopic (exact) mass is 316 g/mol. The Balaban J connectivity index is 3.07.